The molecule has 2 nitrogen and oxygen atoms in total. The number of carbonyl (C=O) groups excluding carboxylic acids is 1. The minimum absolute atomic E-state index is 0.0958. The first kappa shape index (κ1) is 12.7. The lowest BCUT2D eigenvalue weighted by molar-refractivity contribution is 0.0920. The van der Waals surface area contributed by atoms with E-state index in [1.807, 2.05) is 0 Å². The second kappa shape index (κ2) is 5.28. The van der Waals surface area contributed by atoms with Crippen LogP contribution >= 0.6 is 23.2 Å². The fraction of sp³-hybridized carbons (Fsp3) is 0.462. The molecule has 1 aliphatic rings. The third-order valence-electron chi connectivity index (χ3n) is 3.20. The average molecular weight is 273 g/mol. The molecule has 1 saturated carbocycles. The van der Waals surface area contributed by atoms with Gasteiger partial charge in [0.2, 0.25) is 0 Å². The molecule has 92 valence electrons. The van der Waals surface area contributed by atoms with Crippen LogP contribution in [0.5, 0.6) is 5.75 Å². The summed E-state index contributed by atoms with van der Waals surface area (Å²) in [6.07, 6.45) is 4.14. The molecular weight excluding hydrogens is 259 g/mol. The van der Waals surface area contributed by atoms with Gasteiger partial charge in [0.15, 0.2) is 5.78 Å². The minimum atomic E-state index is 0.0958. The van der Waals surface area contributed by atoms with Gasteiger partial charge >= 0.3 is 0 Å². The first-order valence-electron chi connectivity index (χ1n) is 5.70. The zero-order valence-corrected chi connectivity index (χ0v) is 11.1. The van der Waals surface area contributed by atoms with Crippen LogP contribution in [0.2, 0.25) is 10.0 Å². The van der Waals surface area contributed by atoms with Crippen molar-refractivity contribution in [1.82, 2.24) is 0 Å². The van der Waals surface area contributed by atoms with Crippen molar-refractivity contribution >= 4 is 29.0 Å². The molecule has 0 unspecified atom stereocenters. The van der Waals surface area contributed by atoms with Gasteiger partial charge in [0.25, 0.3) is 0 Å². The highest BCUT2D eigenvalue weighted by Gasteiger charge is 2.27. The van der Waals surface area contributed by atoms with E-state index in [9.17, 15) is 4.79 Å². The molecule has 1 aromatic carbocycles. The van der Waals surface area contributed by atoms with Crippen LogP contribution in [0.15, 0.2) is 12.1 Å². The number of ketones is 1. The molecule has 0 spiro atoms. The molecule has 0 aromatic heterocycles. The Morgan fingerprint density at radius 2 is 1.94 bits per heavy atom. The van der Waals surface area contributed by atoms with E-state index in [1.54, 1.807) is 12.1 Å². The Bertz CT molecular complexity index is 437. The first-order valence-corrected chi connectivity index (χ1v) is 6.46. The SMILES string of the molecule is COc1c(Cl)cc(Cl)cc1C(=O)C1CCCC1. The summed E-state index contributed by atoms with van der Waals surface area (Å²) in [5.41, 5.74) is 0.511. The lowest BCUT2D eigenvalue weighted by atomic mass is 9.95. The largest absolute Gasteiger partial charge is 0.494 e. The Balaban J connectivity index is 2.39. The monoisotopic (exact) mass is 272 g/mol. The summed E-state index contributed by atoms with van der Waals surface area (Å²) in [7, 11) is 1.51. The maximum absolute atomic E-state index is 12.3. The van der Waals surface area contributed by atoms with E-state index in [0.29, 0.717) is 21.4 Å². The number of Topliss-reactive ketones (excluding diaryl/α,β-unsaturated/α-hetero) is 1. The van der Waals surface area contributed by atoms with Gasteiger partial charge in [-0.1, -0.05) is 36.0 Å². The Morgan fingerprint density at radius 1 is 1.29 bits per heavy atom. The van der Waals surface area contributed by atoms with E-state index in [0.717, 1.165) is 25.7 Å². The zero-order valence-electron chi connectivity index (χ0n) is 9.63. The number of carbonyl (C=O) groups is 1. The first-order chi connectivity index (χ1) is 8.13. The summed E-state index contributed by atoms with van der Waals surface area (Å²) >= 11 is 12.0. The molecule has 0 N–H and O–H groups in total. The van der Waals surface area contributed by atoms with Gasteiger partial charge in [0.1, 0.15) is 5.75 Å². The maximum atomic E-state index is 12.3. The van der Waals surface area contributed by atoms with Crippen LogP contribution in [0.3, 0.4) is 0 Å². The molecule has 0 radical (unpaired) electrons. The average Bonchev–Trinajstić information content (AvgIpc) is 2.80. The van der Waals surface area contributed by atoms with E-state index in [-0.39, 0.29) is 11.7 Å². The van der Waals surface area contributed by atoms with Gasteiger partial charge in [-0.05, 0) is 25.0 Å². The van der Waals surface area contributed by atoms with Crippen LogP contribution in [-0.4, -0.2) is 12.9 Å². The highest BCUT2D eigenvalue weighted by Crippen LogP contribution is 2.36. The minimum Gasteiger partial charge on any atom is -0.494 e. The van der Waals surface area contributed by atoms with Crippen molar-refractivity contribution in [2.75, 3.05) is 7.11 Å². The van der Waals surface area contributed by atoms with Gasteiger partial charge in [-0.15, -0.1) is 0 Å². The van der Waals surface area contributed by atoms with Gasteiger partial charge < -0.3 is 4.74 Å². The molecule has 1 fully saturated rings. The fourth-order valence-corrected chi connectivity index (χ4v) is 2.93. The number of ether oxygens (including phenoxy) is 1. The van der Waals surface area contributed by atoms with E-state index >= 15 is 0 Å². The fourth-order valence-electron chi connectivity index (χ4n) is 2.36. The van der Waals surface area contributed by atoms with Crippen LogP contribution in [0.1, 0.15) is 36.0 Å². The summed E-state index contributed by atoms with van der Waals surface area (Å²) in [6.45, 7) is 0. The van der Waals surface area contributed by atoms with Crippen molar-refractivity contribution in [2.45, 2.75) is 25.7 Å². The molecule has 2 rings (SSSR count). The number of hydrogen-bond acceptors (Lipinski definition) is 2. The Labute approximate surface area is 111 Å². The molecule has 4 heteroatoms. The standard InChI is InChI=1S/C13H14Cl2O2/c1-17-13-10(6-9(14)7-11(13)15)12(16)8-4-2-3-5-8/h6-8H,2-5H2,1H3. The van der Waals surface area contributed by atoms with Gasteiger partial charge in [-0.2, -0.15) is 0 Å². The molecule has 0 amide bonds. The van der Waals surface area contributed by atoms with Crippen LogP contribution < -0.4 is 4.74 Å². The summed E-state index contributed by atoms with van der Waals surface area (Å²) in [5, 5.41) is 0.860. The maximum Gasteiger partial charge on any atom is 0.169 e. The predicted octanol–water partition coefficient (Wildman–Crippen LogP) is 4.37. The highest BCUT2D eigenvalue weighted by atomic mass is 35.5. The predicted molar refractivity (Wildman–Crippen MR) is 69.3 cm³/mol. The van der Waals surface area contributed by atoms with Crippen molar-refractivity contribution < 1.29 is 9.53 Å². The van der Waals surface area contributed by atoms with Crippen LogP contribution in [0.4, 0.5) is 0 Å². The third-order valence-corrected chi connectivity index (χ3v) is 3.70. The molecule has 0 saturated heterocycles. The van der Waals surface area contributed by atoms with Crippen LogP contribution in [0.25, 0.3) is 0 Å². The van der Waals surface area contributed by atoms with Crippen molar-refractivity contribution in [3.63, 3.8) is 0 Å². The summed E-state index contributed by atoms with van der Waals surface area (Å²) < 4.78 is 5.20. The smallest absolute Gasteiger partial charge is 0.169 e. The van der Waals surface area contributed by atoms with Gasteiger partial charge in [0.05, 0.1) is 17.7 Å². The molecular formula is C13H14Cl2O2. The lowest BCUT2D eigenvalue weighted by Gasteiger charge is -2.13. The Morgan fingerprint density at radius 3 is 2.53 bits per heavy atom. The van der Waals surface area contributed by atoms with E-state index in [1.165, 1.54) is 7.11 Å². The second-order valence-corrected chi connectivity index (χ2v) is 5.16. The van der Waals surface area contributed by atoms with Crippen molar-refractivity contribution in [2.24, 2.45) is 5.92 Å². The summed E-state index contributed by atoms with van der Waals surface area (Å²) in [5.74, 6) is 0.634. The number of rotatable bonds is 3. The quantitative estimate of drug-likeness (QED) is 0.764. The number of halogens is 2. The molecule has 1 aromatic rings. The Kier molecular flexibility index (Phi) is 3.95. The summed E-state index contributed by atoms with van der Waals surface area (Å²) in [6, 6.07) is 3.24. The van der Waals surface area contributed by atoms with Crippen molar-refractivity contribution in [3.8, 4) is 5.75 Å². The molecule has 17 heavy (non-hydrogen) atoms. The normalized spacial score (nSPS) is 16.2. The van der Waals surface area contributed by atoms with Crippen molar-refractivity contribution in [3.05, 3.63) is 27.7 Å². The zero-order chi connectivity index (χ0) is 12.4. The molecule has 0 bridgehead atoms. The highest BCUT2D eigenvalue weighted by molar-refractivity contribution is 6.36. The molecule has 0 heterocycles. The Hall–Kier alpha value is -0.730. The van der Waals surface area contributed by atoms with E-state index in [2.05, 4.69) is 0 Å². The third kappa shape index (κ3) is 2.58. The van der Waals surface area contributed by atoms with Gasteiger partial charge in [-0.3, -0.25) is 4.79 Å². The molecule has 0 aliphatic heterocycles. The van der Waals surface area contributed by atoms with Gasteiger partial charge in [0, 0.05) is 10.9 Å². The topological polar surface area (TPSA) is 26.3 Å². The molecule has 0 atom stereocenters. The van der Waals surface area contributed by atoms with Crippen molar-refractivity contribution in [1.29, 1.82) is 0 Å². The van der Waals surface area contributed by atoms with Crippen LogP contribution in [-0.2, 0) is 0 Å². The lowest BCUT2D eigenvalue weighted by Crippen LogP contribution is -2.12. The van der Waals surface area contributed by atoms with Gasteiger partial charge in [-0.25, -0.2) is 0 Å². The van der Waals surface area contributed by atoms with Crippen LogP contribution in [0, 0.1) is 5.92 Å². The molecule has 1 aliphatic carbocycles. The number of benzene rings is 1. The number of hydrogen-bond donors (Lipinski definition) is 0. The second-order valence-electron chi connectivity index (χ2n) is 4.31. The summed E-state index contributed by atoms with van der Waals surface area (Å²) in [4.78, 5) is 12.3. The van der Waals surface area contributed by atoms with E-state index < -0.39 is 0 Å². The van der Waals surface area contributed by atoms with E-state index in [4.69, 9.17) is 27.9 Å². The number of methoxy groups -OCH3 is 1.